The number of rotatable bonds is 10. The van der Waals surface area contributed by atoms with Crippen molar-refractivity contribution in [3.05, 3.63) is 71.8 Å². The molecular weight excluding hydrogens is 567 g/mol. The summed E-state index contributed by atoms with van der Waals surface area (Å²) in [4.78, 5) is 23.2. The number of nitrogens with zero attached hydrogens (tertiary/aromatic N) is 2. The third-order valence-electron chi connectivity index (χ3n) is 8.60. The van der Waals surface area contributed by atoms with Gasteiger partial charge in [0.05, 0.1) is 34.9 Å². The number of hydrogen-bond donors (Lipinski definition) is 1. The maximum Gasteiger partial charge on any atom is 0.416 e. The van der Waals surface area contributed by atoms with Gasteiger partial charge in [-0.1, -0.05) is 30.3 Å². The Morgan fingerprint density at radius 2 is 1.83 bits per heavy atom. The van der Waals surface area contributed by atoms with Crippen LogP contribution in [0.1, 0.15) is 50.7 Å². The van der Waals surface area contributed by atoms with Crippen LogP contribution in [-0.4, -0.2) is 68.7 Å². The van der Waals surface area contributed by atoms with Crippen LogP contribution in [0.5, 0.6) is 0 Å². The molecule has 0 spiro atoms. The second-order valence-corrected chi connectivity index (χ2v) is 13.6. The van der Waals surface area contributed by atoms with E-state index in [1.807, 2.05) is 0 Å². The fourth-order valence-corrected chi connectivity index (χ4v) is 7.87. The number of nitrogens with one attached hydrogen (secondary N) is 1. The van der Waals surface area contributed by atoms with Gasteiger partial charge in [-0.3, -0.25) is 15.1 Å². The molecule has 1 saturated heterocycles. The first-order valence-corrected chi connectivity index (χ1v) is 16.0. The average molecular weight is 608 g/mol. The summed E-state index contributed by atoms with van der Waals surface area (Å²) in [5.74, 6) is -1.06. The lowest BCUT2D eigenvalue weighted by atomic mass is 9.81. The van der Waals surface area contributed by atoms with E-state index in [4.69, 9.17) is 4.84 Å². The number of carbonyl (C=O) groups excluding carboxylic acids is 1. The molecule has 2 aromatic carbocycles. The molecule has 1 heterocycles. The second-order valence-electron chi connectivity index (χ2n) is 11.5. The molecule has 2 fully saturated rings. The molecule has 1 unspecified atom stereocenters. The van der Waals surface area contributed by atoms with E-state index in [1.54, 1.807) is 41.3 Å². The Labute approximate surface area is 246 Å². The lowest BCUT2D eigenvalue weighted by Gasteiger charge is -2.44. The lowest BCUT2D eigenvalue weighted by molar-refractivity contribution is -0.137. The predicted molar refractivity (Wildman–Crippen MR) is 156 cm³/mol. The highest BCUT2D eigenvalue weighted by atomic mass is 32.2. The zero-order valence-electron chi connectivity index (χ0n) is 24.5. The van der Waals surface area contributed by atoms with Crippen molar-refractivity contribution < 1.29 is 31.2 Å². The summed E-state index contributed by atoms with van der Waals surface area (Å²) < 4.78 is 67.0. The molecule has 2 aliphatic rings. The maximum atomic E-state index is 13.8. The summed E-state index contributed by atoms with van der Waals surface area (Å²) >= 11 is 0. The minimum atomic E-state index is -4.51. The second kappa shape index (κ2) is 13.2. The zero-order valence-corrected chi connectivity index (χ0v) is 25.3. The molecule has 11 heteroatoms. The van der Waals surface area contributed by atoms with Crippen molar-refractivity contribution in [3.63, 3.8) is 0 Å². The van der Waals surface area contributed by atoms with E-state index < -0.39 is 27.5 Å². The van der Waals surface area contributed by atoms with Crippen LogP contribution in [0.2, 0.25) is 0 Å². The highest BCUT2D eigenvalue weighted by Crippen LogP contribution is 2.38. The van der Waals surface area contributed by atoms with E-state index in [2.05, 4.69) is 31.3 Å². The number of halogens is 3. The molecule has 1 saturated carbocycles. The van der Waals surface area contributed by atoms with Crippen LogP contribution in [0.3, 0.4) is 0 Å². The molecule has 2 aromatic rings. The first-order chi connectivity index (χ1) is 19.8. The summed E-state index contributed by atoms with van der Waals surface area (Å²) in [6.07, 6.45) is -0.254. The van der Waals surface area contributed by atoms with Gasteiger partial charge >= 0.3 is 6.18 Å². The van der Waals surface area contributed by atoms with Crippen molar-refractivity contribution in [3.8, 4) is 0 Å². The Morgan fingerprint density at radius 3 is 2.48 bits per heavy atom. The number of alkyl halides is 3. The van der Waals surface area contributed by atoms with Gasteiger partial charge in [-0.05, 0) is 82.8 Å². The summed E-state index contributed by atoms with van der Waals surface area (Å²) in [6.45, 7) is 4.66. The van der Waals surface area contributed by atoms with Crippen molar-refractivity contribution in [1.82, 2.24) is 15.3 Å². The zero-order chi connectivity index (χ0) is 30.7. The maximum absolute atomic E-state index is 13.8. The highest BCUT2D eigenvalue weighted by Gasteiger charge is 2.43. The third-order valence-corrected chi connectivity index (χ3v) is 10.5. The van der Waals surface area contributed by atoms with Gasteiger partial charge in [-0.2, -0.15) is 13.2 Å². The van der Waals surface area contributed by atoms with Crippen LogP contribution in [0.15, 0.2) is 65.6 Å². The molecule has 4 rings (SSSR count). The lowest BCUT2D eigenvalue weighted by Crippen LogP contribution is -2.51. The fraction of sp³-hybridized carbons (Fsp3) is 0.516. The molecule has 0 aromatic heterocycles. The molecule has 0 radical (unpaired) electrons. The Hall–Kier alpha value is -2.89. The number of hydroxylamine groups is 1. The van der Waals surface area contributed by atoms with E-state index in [9.17, 15) is 26.4 Å². The first kappa shape index (κ1) is 32.0. The third kappa shape index (κ3) is 7.36. The predicted octanol–water partition coefficient (Wildman–Crippen LogP) is 5.40. The number of benzene rings is 2. The minimum Gasteiger partial charge on any atom is -0.339 e. The van der Waals surface area contributed by atoms with E-state index in [0.717, 1.165) is 18.6 Å². The molecule has 7 nitrogen and oxygen atoms in total. The van der Waals surface area contributed by atoms with Gasteiger partial charge in [0.2, 0.25) is 5.91 Å². The van der Waals surface area contributed by atoms with Crippen molar-refractivity contribution >= 4 is 21.4 Å². The van der Waals surface area contributed by atoms with Crippen LogP contribution < -0.4 is 5.48 Å². The summed E-state index contributed by atoms with van der Waals surface area (Å²) in [6, 6.07) is 13.5. The molecule has 4 atom stereocenters. The Bertz CT molecular complexity index is 1360. The van der Waals surface area contributed by atoms with Gasteiger partial charge in [-0.25, -0.2) is 8.42 Å². The summed E-state index contributed by atoms with van der Waals surface area (Å²) in [5.41, 5.74) is 2.37. The standard InChI is InChI=1S/C31H40F3N3O4S/c1-21(2)36(3)26-13-14-29(24(18-26)20-42(39,40)27-11-6-5-7-12-27)37-16-15-23(30(37)38)19-28(35-41-4)22-9-8-10-25(17-22)31(32,33)34/h5-12,17,19,21,23-24,26,29,35H,13-16,18,20H2,1-4H3/t23?,24-,26+,29-/m0/s1. The van der Waals surface area contributed by atoms with Crippen LogP contribution in [0.4, 0.5) is 13.2 Å². The van der Waals surface area contributed by atoms with E-state index in [-0.39, 0.29) is 45.8 Å². The van der Waals surface area contributed by atoms with Gasteiger partial charge in [0, 0.05) is 30.2 Å². The first-order valence-electron chi connectivity index (χ1n) is 14.3. The van der Waals surface area contributed by atoms with E-state index in [1.165, 1.54) is 19.2 Å². The topological polar surface area (TPSA) is 79.0 Å². The normalized spacial score (nSPS) is 24.1. The van der Waals surface area contributed by atoms with Crippen LogP contribution in [0.25, 0.3) is 5.70 Å². The van der Waals surface area contributed by atoms with Crippen LogP contribution >= 0.6 is 0 Å². The quantitative estimate of drug-likeness (QED) is 0.365. The fourth-order valence-electron chi connectivity index (χ4n) is 6.18. The molecule has 1 N–H and O–H groups in total. The molecular formula is C31H40F3N3O4S. The van der Waals surface area contributed by atoms with Gasteiger partial charge < -0.3 is 9.80 Å². The largest absolute Gasteiger partial charge is 0.416 e. The van der Waals surface area contributed by atoms with Crippen molar-refractivity contribution in [2.75, 3.05) is 26.5 Å². The SMILES string of the molecule is CONC(=CC1CCN([C@H]2CC[C@@H](N(C)C(C)C)C[C@H]2CS(=O)(=O)c2ccccc2)C1=O)c1cccc(C(F)(F)F)c1. The van der Waals surface area contributed by atoms with Crippen LogP contribution in [0, 0.1) is 11.8 Å². The molecule has 1 aliphatic heterocycles. The monoisotopic (exact) mass is 607 g/mol. The van der Waals surface area contributed by atoms with Gasteiger partial charge in [0.25, 0.3) is 0 Å². The van der Waals surface area contributed by atoms with E-state index in [0.29, 0.717) is 31.8 Å². The summed E-state index contributed by atoms with van der Waals surface area (Å²) in [5, 5.41) is 0. The van der Waals surface area contributed by atoms with Gasteiger partial charge in [0.1, 0.15) is 0 Å². The van der Waals surface area contributed by atoms with Gasteiger partial charge in [0.15, 0.2) is 9.84 Å². The number of hydrogen-bond acceptors (Lipinski definition) is 6. The molecule has 1 aliphatic carbocycles. The van der Waals surface area contributed by atoms with Gasteiger partial charge in [-0.15, -0.1) is 0 Å². The molecule has 1 amide bonds. The molecule has 42 heavy (non-hydrogen) atoms. The van der Waals surface area contributed by atoms with Crippen molar-refractivity contribution in [2.24, 2.45) is 11.8 Å². The average Bonchev–Trinajstić information content (AvgIpc) is 3.31. The number of carbonyl (C=O) groups is 1. The van der Waals surface area contributed by atoms with Crippen molar-refractivity contribution in [2.45, 2.75) is 68.7 Å². The van der Waals surface area contributed by atoms with Crippen LogP contribution in [-0.2, 0) is 25.6 Å². The summed E-state index contributed by atoms with van der Waals surface area (Å²) in [7, 11) is -0.178. The molecule has 230 valence electrons. The number of amides is 1. The Morgan fingerprint density at radius 1 is 1.12 bits per heavy atom. The minimum absolute atomic E-state index is 0.0604. The Balaban J connectivity index is 1.60. The molecule has 0 bridgehead atoms. The smallest absolute Gasteiger partial charge is 0.339 e. The number of sulfone groups is 1. The highest BCUT2D eigenvalue weighted by molar-refractivity contribution is 7.91. The number of likely N-dealkylation sites (tertiary alicyclic amines) is 1. The Kier molecular flexibility index (Phi) is 10.1. The van der Waals surface area contributed by atoms with E-state index >= 15 is 0 Å². The van der Waals surface area contributed by atoms with Crippen molar-refractivity contribution in [1.29, 1.82) is 0 Å².